The molecule has 1 aromatic rings. The van der Waals surface area contributed by atoms with E-state index in [2.05, 4.69) is 0 Å². The van der Waals surface area contributed by atoms with Crippen LogP contribution in [0, 0.1) is 5.92 Å². The van der Waals surface area contributed by atoms with Gasteiger partial charge in [-0.1, -0.05) is 11.6 Å². The number of hydrogen-bond acceptors (Lipinski definition) is 3. The van der Waals surface area contributed by atoms with Crippen molar-refractivity contribution < 1.29 is 9.47 Å². The Kier molecular flexibility index (Phi) is 3.78. The maximum Gasteiger partial charge on any atom is 0.137 e. The van der Waals surface area contributed by atoms with Gasteiger partial charge >= 0.3 is 0 Å². The molecule has 0 aliphatic carbocycles. The summed E-state index contributed by atoms with van der Waals surface area (Å²) in [5.74, 6) is 2.53. The molecule has 0 amide bonds. The van der Waals surface area contributed by atoms with E-state index in [-0.39, 0.29) is 0 Å². The van der Waals surface area contributed by atoms with Gasteiger partial charge in [-0.2, -0.15) is 0 Å². The lowest BCUT2D eigenvalue weighted by atomic mass is 10.1. The number of thioether (sulfide) groups is 1. The predicted octanol–water partition coefficient (Wildman–Crippen LogP) is 3.09. The van der Waals surface area contributed by atoms with Crippen molar-refractivity contribution in [1.82, 2.24) is 0 Å². The molecule has 1 aliphatic rings. The monoisotopic (exact) mass is 244 g/mol. The third kappa shape index (κ3) is 2.80. The van der Waals surface area contributed by atoms with E-state index in [0.29, 0.717) is 10.9 Å². The van der Waals surface area contributed by atoms with Gasteiger partial charge in [0.05, 0.1) is 25.3 Å². The maximum atomic E-state index is 6.03. The number of ether oxygens (including phenoxy) is 2. The summed E-state index contributed by atoms with van der Waals surface area (Å²) in [6, 6.07) is 5.89. The molecule has 82 valence electrons. The fourth-order valence-corrected chi connectivity index (χ4v) is 2.64. The molecular weight excluding hydrogens is 232 g/mol. The molecule has 4 heteroatoms. The van der Waals surface area contributed by atoms with Crippen molar-refractivity contribution >= 4 is 23.4 Å². The van der Waals surface area contributed by atoms with Gasteiger partial charge in [-0.3, -0.25) is 0 Å². The van der Waals surface area contributed by atoms with Crippen LogP contribution in [0.3, 0.4) is 0 Å². The van der Waals surface area contributed by atoms with E-state index >= 15 is 0 Å². The molecule has 1 fully saturated rings. The molecule has 0 N–H and O–H groups in total. The lowest BCUT2D eigenvalue weighted by Gasteiger charge is -2.25. The molecule has 0 aromatic heterocycles. The van der Waals surface area contributed by atoms with Crippen LogP contribution in [-0.4, -0.2) is 26.1 Å². The van der Waals surface area contributed by atoms with Crippen LogP contribution in [-0.2, 0) is 4.74 Å². The van der Waals surface area contributed by atoms with E-state index < -0.39 is 0 Å². The fourth-order valence-electron chi connectivity index (χ4n) is 1.33. The molecule has 1 heterocycles. The number of hydrogen-bond donors (Lipinski definition) is 0. The Morgan fingerprint density at radius 3 is 2.87 bits per heavy atom. The fraction of sp³-hybridized carbons (Fsp3) is 0.455. The zero-order valence-electron chi connectivity index (χ0n) is 8.53. The van der Waals surface area contributed by atoms with Gasteiger partial charge < -0.3 is 9.47 Å². The number of methoxy groups -OCH3 is 1. The van der Waals surface area contributed by atoms with Crippen LogP contribution < -0.4 is 4.74 Å². The Labute approximate surface area is 98.9 Å². The molecule has 0 spiro atoms. The summed E-state index contributed by atoms with van der Waals surface area (Å²) in [4.78, 5) is 1.19. The predicted molar refractivity (Wildman–Crippen MR) is 63.0 cm³/mol. The van der Waals surface area contributed by atoms with Crippen LogP contribution in [0.1, 0.15) is 0 Å². The highest BCUT2D eigenvalue weighted by molar-refractivity contribution is 7.99. The summed E-state index contributed by atoms with van der Waals surface area (Å²) in [5, 5.41) is 0.673. The molecule has 1 aromatic carbocycles. The maximum absolute atomic E-state index is 6.03. The summed E-state index contributed by atoms with van der Waals surface area (Å²) in [5.41, 5.74) is 0. The Morgan fingerprint density at radius 1 is 1.53 bits per heavy atom. The van der Waals surface area contributed by atoms with Crippen LogP contribution in [0.25, 0.3) is 0 Å². The van der Waals surface area contributed by atoms with Gasteiger partial charge in [0, 0.05) is 16.6 Å². The first kappa shape index (κ1) is 11.1. The first-order chi connectivity index (χ1) is 7.29. The normalized spacial score (nSPS) is 16.1. The Morgan fingerprint density at radius 2 is 2.33 bits per heavy atom. The Bertz CT molecular complexity index is 339. The van der Waals surface area contributed by atoms with Crippen LogP contribution in [0.5, 0.6) is 5.75 Å². The second kappa shape index (κ2) is 5.10. The minimum absolute atomic E-state index is 0.673. The van der Waals surface area contributed by atoms with Gasteiger partial charge in [0.2, 0.25) is 0 Å². The summed E-state index contributed by atoms with van der Waals surface area (Å²) >= 11 is 7.85. The third-order valence-corrected chi connectivity index (χ3v) is 3.84. The van der Waals surface area contributed by atoms with Gasteiger partial charge in [-0.05, 0) is 18.2 Å². The lowest BCUT2D eigenvalue weighted by molar-refractivity contribution is -0.0196. The number of rotatable bonds is 4. The van der Waals surface area contributed by atoms with Crippen LogP contribution >= 0.6 is 23.4 Å². The van der Waals surface area contributed by atoms with Gasteiger partial charge in [-0.25, -0.2) is 0 Å². The second-order valence-corrected chi connectivity index (χ2v) is 5.01. The largest absolute Gasteiger partial charge is 0.495 e. The molecule has 1 saturated heterocycles. The SMILES string of the molecule is COc1ccc(SCC2COC2)cc1Cl. The van der Waals surface area contributed by atoms with E-state index in [1.165, 1.54) is 4.90 Å². The zero-order chi connectivity index (χ0) is 10.7. The van der Waals surface area contributed by atoms with Crippen LogP contribution in [0.2, 0.25) is 5.02 Å². The molecule has 0 unspecified atom stereocenters. The average Bonchev–Trinajstić information content (AvgIpc) is 2.16. The quantitative estimate of drug-likeness (QED) is 0.759. The number of benzene rings is 1. The van der Waals surface area contributed by atoms with E-state index in [4.69, 9.17) is 21.1 Å². The molecule has 0 bridgehead atoms. The van der Waals surface area contributed by atoms with Crippen LogP contribution in [0.15, 0.2) is 23.1 Å². The first-order valence-corrected chi connectivity index (χ1v) is 6.20. The summed E-state index contributed by atoms with van der Waals surface area (Å²) < 4.78 is 10.2. The molecule has 15 heavy (non-hydrogen) atoms. The van der Waals surface area contributed by atoms with E-state index in [1.54, 1.807) is 7.11 Å². The minimum Gasteiger partial charge on any atom is -0.495 e. The average molecular weight is 245 g/mol. The van der Waals surface area contributed by atoms with Crippen LogP contribution in [0.4, 0.5) is 0 Å². The molecule has 0 atom stereocenters. The second-order valence-electron chi connectivity index (χ2n) is 3.51. The van der Waals surface area contributed by atoms with E-state index in [9.17, 15) is 0 Å². The smallest absolute Gasteiger partial charge is 0.137 e. The van der Waals surface area contributed by atoms with E-state index in [1.807, 2.05) is 30.0 Å². The molecule has 0 radical (unpaired) electrons. The van der Waals surface area contributed by atoms with Crippen molar-refractivity contribution in [2.24, 2.45) is 5.92 Å². The first-order valence-electron chi connectivity index (χ1n) is 4.83. The highest BCUT2D eigenvalue weighted by atomic mass is 35.5. The highest BCUT2D eigenvalue weighted by Gasteiger charge is 2.18. The molecule has 1 aliphatic heterocycles. The molecular formula is C11H13ClO2S. The highest BCUT2D eigenvalue weighted by Crippen LogP contribution is 2.31. The molecule has 2 rings (SSSR count). The van der Waals surface area contributed by atoms with Crippen molar-refractivity contribution in [2.75, 3.05) is 26.1 Å². The van der Waals surface area contributed by atoms with Crippen molar-refractivity contribution in [3.8, 4) is 5.75 Å². The molecule has 2 nitrogen and oxygen atoms in total. The number of halogens is 1. The van der Waals surface area contributed by atoms with Crippen molar-refractivity contribution in [3.63, 3.8) is 0 Å². The Balaban J connectivity index is 1.93. The topological polar surface area (TPSA) is 18.5 Å². The summed E-state index contributed by atoms with van der Waals surface area (Å²) in [6.07, 6.45) is 0. The Hall–Kier alpha value is -0.380. The van der Waals surface area contributed by atoms with Gasteiger partial charge in [0.1, 0.15) is 5.75 Å². The molecule has 0 saturated carbocycles. The van der Waals surface area contributed by atoms with E-state index in [0.717, 1.165) is 24.7 Å². The summed E-state index contributed by atoms with van der Waals surface area (Å²) in [6.45, 7) is 1.80. The zero-order valence-corrected chi connectivity index (χ0v) is 10.1. The van der Waals surface area contributed by atoms with Gasteiger partial charge in [0.15, 0.2) is 0 Å². The van der Waals surface area contributed by atoms with Crippen molar-refractivity contribution in [1.29, 1.82) is 0 Å². The summed E-state index contributed by atoms with van der Waals surface area (Å²) in [7, 11) is 1.62. The van der Waals surface area contributed by atoms with Crippen molar-refractivity contribution in [3.05, 3.63) is 23.2 Å². The van der Waals surface area contributed by atoms with Gasteiger partial charge in [-0.15, -0.1) is 11.8 Å². The van der Waals surface area contributed by atoms with Gasteiger partial charge in [0.25, 0.3) is 0 Å². The minimum atomic E-state index is 0.673. The van der Waals surface area contributed by atoms with Crippen molar-refractivity contribution in [2.45, 2.75) is 4.90 Å². The standard InChI is InChI=1S/C11H13ClO2S/c1-13-11-3-2-9(4-10(11)12)15-7-8-5-14-6-8/h2-4,8H,5-7H2,1H3. The lowest BCUT2D eigenvalue weighted by Crippen LogP contribution is -2.29. The third-order valence-electron chi connectivity index (χ3n) is 2.32.